The third-order valence-electron chi connectivity index (χ3n) is 3.21. The first-order valence-corrected chi connectivity index (χ1v) is 7.87. The molecule has 3 rings (SSSR count). The fourth-order valence-corrected chi connectivity index (χ4v) is 2.70. The minimum Gasteiger partial charge on any atom is -0.507 e. The Kier molecular flexibility index (Phi) is 4.65. The zero-order chi connectivity index (χ0) is 16.1. The Balaban J connectivity index is 1.70. The largest absolute Gasteiger partial charge is 0.507 e. The van der Waals surface area contributed by atoms with Crippen LogP contribution in [-0.4, -0.2) is 21.4 Å². The van der Waals surface area contributed by atoms with Crippen LogP contribution >= 0.6 is 11.3 Å². The van der Waals surface area contributed by atoms with Crippen molar-refractivity contribution in [3.05, 3.63) is 65.0 Å². The summed E-state index contributed by atoms with van der Waals surface area (Å²) in [5, 5.41) is 25.6. The first-order chi connectivity index (χ1) is 11.3. The zero-order valence-electron chi connectivity index (χ0n) is 12.2. The Bertz CT molecular complexity index is 816. The highest BCUT2D eigenvalue weighted by atomic mass is 32.1. The van der Waals surface area contributed by atoms with Crippen molar-refractivity contribution in [1.29, 1.82) is 0 Å². The van der Waals surface area contributed by atoms with Crippen LogP contribution in [0.1, 0.15) is 11.1 Å². The monoisotopic (exact) mass is 325 g/mol. The molecule has 116 valence electrons. The summed E-state index contributed by atoms with van der Waals surface area (Å²) in [6.07, 6.45) is 1.50. The molecule has 3 N–H and O–H groups in total. The number of anilines is 1. The first-order valence-electron chi connectivity index (χ1n) is 6.99. The van der Waals surface area contributed by atoms with Gasteiger partial charge in [0.2, 0.25) is 5.13 Å². The molecular weight excluding hydrogens is 310 g/mol. The molecule has 0 amide bonds. The lowest BCUT2D eigenvalue weighted by molar-refractivity contribution is 0.281. The highest BCUT2D eigenvalue weighted by Crippen LogP contribution is 2.24. The summed E-state index contributed by atoms with van der Waals surface area (Å²) in [5.74, 6) is 0.108. The number of hydrogen-bond donors (Lipinski definition) is 3. The maximum atomic E-state index is 9.77. The Morgan fingerprint density at radius 2 is 2.00 bits per heavy atom. The van der Waals surface area contributed by atoms with Gasteiger partial charge < -0.3 is 10.2 Å². The van der Waals surface area contributed by atoms with Crippen LogP contribution in [0.15, 0.2) is 59.0 Å². The second kappa shape index (κ2) is 7.04. The Morgan fingerprint density at radius 1 is 1.17 bits per heavy atom. The highest BCUT2D eigenvalue weighted by Gasteiger charge is 2.03. The lowest BCUT2D eigenvalue weighted by Gasteiger charge is -2.01. The quantitative estimate of drug-likeness (QED) is 0.496. The molecule has 0 saturated carbocycles. The average molecular weight is 325 g/mol. The van der Waals surface area contributed by atoms with E-state index in [9.17, 15) is 5.11 Å². The van der Waals surface area contributed by atoms with E-state index in [0.717, 1.165) is 11.3 Å². The van der Waals surface area contributed by atoms with Crippen LogP contribution in [0.25, 0.3) is 11.3 Å². The van der Waals surface area contributed by atoms with Crippen molar-refractivity contribution in [2.45, 2.75) is 6.61 Å². The lowest BCUT2D eigenvalue weighted by atomic mass is 10.1. The molecule has 6 heteroatoms. The molecule has 2 aromatic carbocycles. The number of phenolic OH excluding ortho intramolecular Hbond substituents is 1. The van der Waals surface area contributed by atoms with Crippen molar-refractivity contribution in [3.8, 4) is 17.0 Å². The maximum absolute atomic E-state index is 9.77. The van der Waals surface area contributed by atoms with E-state index in [1.165, 1.54) is 23.6 Å². The predicted octanol–water partition coefficient (Wildman–Crippen LogP) is 3.45. The third-order valence-corrected chi connectivity index (χ3v) is 3.96. The lowest BCUT2D eigenvalue weighted by Crippen LogP contribution is -1.92. The Hall–Kier alpha value is -2.70. The molecule has 0 aliphatic heterocycles. The van der Waals surface area contributed by atoms with E-state index in [-0.39, 0.29) is 12.4 Å². The van der Waals surface area contributed by atoms with E-state index in [1.54, 1.807) is 12.1 Å². The molecule has 0 atom stereocenters. The van der Waals surface area contributed by atoms with Crippen LogP contribution in [0.4, 0.5) is 5.13 Å². The molecule has 0 aliphatic rings. The zero-order valence-corrected chi connectivity index (χ0v) is 13.0. The molecule has 0 spiro atoms. The van der Waals surface area contributed by atoms with Crippen molar-refractivity contribution in [3.63, 3.8) is 0 Å². The van der Waals surface area contributed by atoms with E-state index < -0.39 is 0 Å². The average Bonchev–Trinajstić information content (AvgIpc) is 3.06. The van der Waals surface area contributed by atoms with Crippen LogP contribution in [0.3, 0.4) is 0 Å². The Labute approximate surface area is 137 Å². The summed E-state index contributed by atoms with van der Waals surface area (Å²) in [7, 11) is 0. The highest BCUT2D eigenvalue weighted by molar-refractivity contribution is 7.14. The van der Waals surface area contributed by atoms with Gasteiger partial charge in [0.15, 0.2) is 0 Å². The number of aliphatic hydroxyl groups excluding tert-OH is 1. The van der Waals surface area contributed by atoms with Crippen molar-refractivity contribution in [1.82, 2.24) is 4.98 Å². The van der Waals surface area contributed by atoms with Crippen LogP contribution in [0.5, 0.6) is 5.75 Å². The number of aliphatic hydroxyl groups is 1. The normalized spacial score (nSPS) is 11.0. The van der Waals surface area contributed by atoms with Crippen LogP contribution in [0, 0.1) is 0 Å². The number of hydrogen-bond acceptors (Lipinski definition) is 6. The summed E-state index contributed by atoms with van der Waals surface area (Å²) in [4.78, 5) is 4.46. The SMILES string of the molecule is OCc1ccc(O)c(C=NNc2nc(-c3ccccc3)cs2)c1. The van der Waals surface area contributed by atoms with Gasteiger partial charge in [0, 0.05) is 16.5 Å². The van der Waals surface area contributed by atoms with E-state index in [0.29, 0.717) is 16.3 Å². The molecule has 0 fully saturated rings. The molecule has 23 heavy (non-hydrogen) atoms. The number of rotatable bonds is 5. The van der Waals surface area contributed by atoms with Crippen LogP contribution < -0.4 is 5.43 Å². The second-order valence-electron chi connectivity index (χ2n) is 4.83. The molecular formula is C17H15N3O2S. The van der Waals surface area contributed by atoms with E-state index in [4.69, 9.17) is 5.11 Å². The van der Waals surface area contributed by atoms with Gasteiger partial charge in [0.05, 0.1) is 18.5 Å². The molecule has 0 bridgehead atoms. The molecule has 1 heterocycles. The number of phenols is 1. The number of nitrogens with one attached hydrogen (secondary N) is 1. The molecule has 0 radical (unpaired) electrons. The number of aromatic hydroxyl groups is 1. The van der Waals surface area contributed by atoms with Gasteiger partial charge in [-0.25, -0.2) is 4.98 Å². The Morgan fingerprint density at radius 3 is 2.78 bits per heavy atom. The topological polar surface area (TPSA) is 77.7 Å². The van der Waals surface area contributed by atoms with E-state index >= 15 is 0 Å². The summed E-state index contributed by atoms with van der Waals surface area (Å²) < 4.78 is 0. The van der Waals surface area contributed by atoms with Gasteiger partial charge in [-0.05, 0) is 17.7 Å². The minimum absolute atomic E-state index is 0.0819. The number of aromatic nitrogens is 1. The molecule has 1 aromatic heterocycles. The molecule has 0 unspecified atom stereocenters. The standard InChI is InChI=1S/C17H15N3O2S/c21-10-12-6-7-16(22)14(8-12)9-18-20-17-19-15(11-23-17)13-4-2-1-3-5-13/h1-9,11,21-22H,10H2,(H,19,20). The fourth-order valence-electron chi connectivity index (χ4n) is 2.03. The molecule has 3 aromatic rings. The summed E-state index contributed by atoms with van der Waals surface area (Å²) in [6.45, 7) is -0.0819. The number of thiazole rings is 1. The van der Waals surface area contributed by atoms with Gasteiger partial charge in [-0.1, -0.05) is 36.4 Å². The summed E-state index contributed by atoms with van der Waals surface area (Å²) >= 11 is 1.45. The second-order valence-corrected chi connectivity index (χ2v) is 5.68. The van der Waals surface area contributed by atoms with Crippen molar-refractivity contribution in [2.75, 3.05) is 5.43 Å². The van der Waals surface area contributed by atoms with Gasteiger partial charge in [-0.3, -0.25) is 5.43 Å². The number of hydrazone groups is 1. The van der Waals surface area contributed by atoms with Crippen molar-refractivity contribution < 1.29 is 10.2 Å². The maximum Gasteiger partial charge on any atom is 0.203 e. The van der Waals surface area contributed by atoms with Crippen LogP contribution in [0.2, 0.25) is 0 Å². The fraction of sp³-hybridized carbons (Fsp3) is 0.0588. The van der Waals surface area contributed by atoms with E-state index in [2.05, 4.69) is 15.5 Å². The van der Waals surface area contributed by atoms with Crippen LogP contribution in [-0.2, 0) is 6.61 Å². The minimum atomic E-state index is -0.0819. The van der Waals surface area contributed by atoms with Crippen molar-refractivity contribution in [2.24, 2.45) is 5.10 Å². The summed E-state index contributed by atoms with van der Waals surface area (Å²) in [6, 6.07) is 14.8. The molecule has 0 saturated heterocycles. The number of nitrogens with zero attached hydrogens (tertiary/aromatic N) is 2. The summed E-state index contributed by atoms with van der Waals surface area (Å²) in [5.41, 5.74) is 6.03. The molecule has 5 nitrogen and oxygen atoms in total. The smallest absolute Gasteiger partial charge is 0.203 e. The van der Waals surface area contributed by atoms with Gasteiger partial charge >= 0.3 is 0 Å². The van der Waals surface area contributed by atoms with Gasteiger partial charge in [0.25, 0.3) is 0 Å². The number of benzene rings is 2. The van der Waals surface area contributed by atoms with Gasteiger partial charge in [-0.2, -0.15) is 5.10 Å². The van der Waals surface area contributed by atoms with Gasteiger partial charge in [-0.15, -0.1) is 11.3 Å². The third kappa shape index (κ3) is 3.74. The first kappa shape index (κ1) is 15.2. The van der Waals surface area contributed by atoms with Gasteiger partial charge in [0.1, 0.15) is 5.75 Å². The predicted molar refractivity (Wildman–Crippen MR) is 92.8 cm³/mol. The van der Waals surface area contributed by atoms with Crippen molar-refractivity contribution >= 4 is 22.7 Å². The van der Waals surface area contributed by atoms with E-state index in [1.807, 2.05) is 35.7 Å². The molecule has 0 aliphatic carbocycles.